The Balaban J connectivity index is 0.000000334. The fourth-order valence-electron chi connectivity index (χ4n) is 8.45. The van der Waals surface area contributed by atoms with E-state index in [-0.39, 0.29) is 40.2 Å². The van der Waals surface area contributed by atoms with Crippen molar-refractivity contribution in [3.8, 4) is 17.9 Å². The number of allylic oxidation sites excluding steroid dienone is 4. The Bertz CT molecular complexity index is 2420. The number of ketones is 1. The van der Waals surface area contributed by atoms with Gasteiger partial charge in [0.25, 0.3) is 17.7 Å². The molecule has 6 rings (SSSR count). The number of para-hydroxylation sites is 2. The number of likely N-dealkylation sites (N-methyl/N-ethyl adjacent to an activating group) is 2. The first-order valence-electron chi connectivity index (χ1n) is 23.4. The molecule has 2 unspecified atom stereocenters. The molecule has 67 heavy (non-hydrogen) atoms. The molecule has 2 atom stereocenters. The molecule has 1 aliphatic carbocycles. The number of quaternary nitrogens is 1. The van der Waals surface area contributed by atoms with Crippen molar-refractivity contribution in [2.75, 3.05) is 76.3 Å². The first-order chi connectivity index (χ1) is 31.8. The number of hydrogen-bond acceptors (Lipinski definition) is 10. The number of nitrogens with one attached hydrogen (secondary N) is 1. The summed E-state index contributed by atoms with van der Waals surface area (Å²) in [6, 6.07) is 19.7. The number of fused-ring (bicyclic) bond motifs is 2. The summed E-state index contributed by atoms with van der Waals surface area (Å²) in [6.45, 7) is 44.6. The molecule has 0 aromatic heterocycles. The minimum absolute atomic E-state index is 0.0139. The smallest absolute Gasteiger partial charge is 0.298 e. The maximum Gasteiger partial charge on any atom is 0.298 e. The molecule has 1 fully saturated rings. The lowest BCUT2D eigenvalue weighted by molar-refractivity contribution is -0.894. The highest BCUT2D eigenvalue weighted by Crippen LogP contribution is 2.49. The van der Waals surface area contributed by atoms with Crippen molar-refractivity contribution in [3.05, 3.63) is 137 Å². The standard InChI is InChI=1S/C20H23NO3.C19H17N3O2.2C6H15N.C3H2N2/c1-5-6-11-24-19-13(17(22)18(19)23)12-16-20(2,3)14-9-7-8-10-15(14)21(16)4;1-19(2)12-7-5-6-8-14(12)22(4)15(19)9-11-16(13(10-20)21-3)18(24)17(11)23;2*1-4-7(5-2)6-3;1-5-3-2-4/h7-10,12H,5-6,11H2,1-4H3;5-9,11,18,24H,1-2,4H3;2*4-6H2,1-3H3;3H2/p+1/b;15-9?,16-13+;;;. The van der Waals surface area contributed by atoms with Gasteiger partial charge in [0.1, 0.15) is 12.2 Å². The fourth-order valence-corrected chi connectivity index (χ4v) is 8.45. The number of aliphatic hydroxyl groups excluding tert-OH is 1. The van der Waals surface area contributed by atoms with Crippen LogP contribution in [0.15, 0.2) is 86.9 Å². The van der Waals surface area contributed by atoms with E-state index >= 15 is 0 Å². The highest BCUT2D eigenvalue weighted by molar-refractivity contribution is 6.01. The first kappa shape index (κ1) is 56.8. The summed E-state index contributed by atoms with van der Waals surface area (Å²) in [5, 5.41) is 26.5. The molecule has 0 saturated heterocycles. The first-order valence-corrected chi connectivity index (χ1v) is 23.4. The molecule has 2 aliphatic heterocycles. The quantitative estimate of drug-likeness (QED) is 0.0615. The third kappa shape index (κ3) is 13.2. The van der Waals surface area contributed by atoms with Crippen molar-refractivity contribution in [2.24, 2.45) is 5.92 Å². The summed E-state index contributed by atoms with van der Waals surface area (Å²) in [6.07, 6.45) is 4.12. The number of unbranched alkanes of at least 4 members (excludes halogenated alkanes) is 1. The number of nitrogens with zero attached hydrogens (tertiary/aromatic N) is 7. The summed E-state index contributed by atoms with van der Waals surface area (Å²) in [5.74, 6) is -0.857. The second-order valence-corrected chi connectivity index (χ2v) is 17.3. The van der Waals surface area contributed by atoms with Gasteiger partial charge in [0.05, 0.1) is 50.4 Å². The summed E-state index contributed by atoms with van der Waals surface area (Å²) in [4.78, 5) is 50.0. The average molecular weight is 914 g/mol. The van der Waals surface area contributed by atoms with Crippen molar-refractivity contribution in [1.29, 1.82) is 10.5 Å². The molecule has 358 valence electrons. The van der Waals surface area contributed by atoms with Crippen LogP contribution in [-0.4, -0.2) is 88.4 Å². The molecule has 2 N–H and O–H groups in total. The molecule has 0 amide bonds. The van der Waals surface area contributed by atoms with Gasteiger partial charge in [-0.15, -0.1) is 0 Å². The molecule has 13 nitrogen and oxygen atoms in total. The van der Waals surface area contributed by atoms with Crippen molar-refractivity contribution in [1.82, 2.24) is 4.90 Å². The number of Topliss-reactive ketones (excluding diaryl/α,β-unsaturated/α-hetero) is 1. The number of rotatable bonds is 12. The van der Waals surface area contributed by atoms with Crippen LogP contribution in [0.5, 0.6) is 5.75 Å². The third-order valence-electron chi connectivity index (χ3n) is 12.8. The van der Waals surface area contributed by atoms with Gasteiger partial charge >= 0.3 is 0 Å². The van der Waals surface area contributed by atoms with E-state index in [1.165, 1.54) is 44.8 Å². The summed E-state index contributed by atoms with van der Waals surface area (Å²) >= 11 is 0. The van der Waals surface area contributed by atoms with Gasteiger partial charge in [-0.05, 0) is 81.7 Å². The lowest BCUT2D eigenvalue weighted by atomic mass is 9.72. The molecular weight excluding hydrogens is 841 g/mol. The minimum atomic E-state index is -1.34. The van der Waals surface area contributed by atoms with Crippen LogP contribution in [0.4, 0.5) is 11.4 Å². The SMILES string of the molecule is CCCCOc1c(C=C2N(C)c3ccccc3C2(C)C)c(=O)c1=O.CCN(CC)CC.CC[NH+](CC)CC.[C-]#[N+]/C(C#N)=C1/C(O)C(=O)C1C=C1N(C)c2ccccc2C1(C)C.[C-]#[N+]CC#N. The average Bonchev–Trinajstić information content (AvgIpc) is 3.66. The number of benzene rings is 2. The molecule has 13 heteroatoms. The molecule has 2 heterocycles. The Labute approximate surface area is 400 Å². The molecule has 0 spiro atoms. The monoisotopic (exact) mass is 914 g/mol. The van der Waals surface area contributed by atoms with E-state index in [0.29, 0.717) is 12.2 Å². The number of aliphatic hydroxyl groups is 1. The van der Waals surface area contributed by atoms with E-state index in [9.17, 15) is 19.5 Å². The van der Waals surface area contributed by atoms with Gasteiger partial charge in [-0.2, -0.15) is 5.26 Å². The summed E-state index contributed by atoms with van der Waals surface area (Å²) in [5.41, 5.74) is 5.41. The fraction of sp³-hybridized carbons (Fsp3) is 0.500. The molecule has 1 saturated carbocycles. The zero-order valence-electron chi connectivity index (χ0n) is 42.2. The lowest BCUT2D eigenvalue weighted by Crippen LogP contribution is -3.11. The van der Waals surface area contributed by atoms with Gasteiger partial charge in [0.15, 0.2) is 11.5 Å². The largest absolute Gasteiger partial charge is 0.489 e. The number of nitriles is 2. The number of hydrogen-bond donors (Lipinski definition) is 2. The van der Waals surface area contributed by atoms with E-state index in [4.69, 9.17) is 28.4 Å². The Morgan fingerprint density at radius 3 is 1.69 bits per heavy atom. The topological polar surface area (TPSA) is 151 Å². The number of ether oxygens (including phenoxy) is 1. The van der Waals surface area contributed by atoms with Crippen LogP contribution in [0.25, 0.3) is 15.8 Å². The molecule has 3 aliphatic rings. The third-order valence-corrected chi connectivity index (χ3v) is 12.8. The number of carbonyl (C=O) groups excluding carboxylic acids is 1. The Morgan fingerprint density at radius 1 is 0.821 bits per heavy atom. The lowest BCUT2D eigenvalue weighted by Gasteiger charge is -2.34. The summed E-state index contributed by atoms with van der Waals surface area (Å²) < 4.78 is 5.55. The van der Waals surface area contributed by atoms with E-state index in [1.807, 2.05) is 55.4 Å². The predicted octanol–water partition coefficient (Wildman–Crippen LogP) is 7.49. The van der Waals surface area contributed by atoms with Crippen molar-refractivity contribution in [3.63, 3.8) is 0 Å². The van der Waals surface area contributed by atoms with Crippen molar-refractivity contribution >= 4 is 23.2 Å². The zero-order valence-corrected chi connectivity index (χ0v) is 42.2. The second-order valence-electron chi connectivity index (χ2n) is 17.3. The Kier molecular flexibility index (Phi) is 22.6. The van der Waals surface area contributed by atoms with Gasteiger partial charge in [0.2, 0.25) is 5.43 Å². The second kappa shape index (κ2) is 26.7. The minimum Gasteiger partial charge on any atom is -0.489 e. The van der Waals surface area contributed by atoms with Crippen LogP contribution < -0.4 is 30.3 Å². The van der Waals surface area contributed by atoms with E-state index in [1.54, 1.807) is 23.1 Å². The molecule has 0 radical (unpaired) electrons. The highest BCUT2D eigenvalue weighted by atomic mass is 16.5. The molecule has 3 aromatic carbocycles. The maximum absolute atomic E-state index is 12.1. The Hall–Kier alpha value is -6.35. The van der Waals surface area contributed by atoms with E-state index in [2.05, 4.69) is 114 Å². The van der Waals surface area contributed by atoms with E-state index in [0.717, 1.165) is 41.2 Å². The van der Waals surface area contributed by atoms with Crippen LogP contribution in [0.3, 0.4) is 0 Å². The van der Waals surface area contributed by atoms with Crippen LogP contribution >= 0.6 is 0 Å². The van der Waals surface area contributed by atoms with Gasteiger partial charge in [-0.1, -0.05) is 104 Å². The number of carbonyl (C=O) groups is 1. The maximum atomic E-state index is 12.1. The Morgan fingerprint density at radius 2 is 1.31 bits per heavy atom. The van der Waals surface area contributed by atoms with Crippen molar-refractivity contribution in [2.45, 2.75) is 106 Å². The van der Waals surface area contributed by atoms with Crippen molar-refractivity contribution < 1.29 is 19.5 Å². The normalized spacial score (nSPS) is 18.8. The van der Waals surface area contributed by atoms with Gasteiger partial charge in [-0.25, -0.2) is 16.7 Å². The van der Waals surface area contributed by atoms with Crippen LogP contribution in [0.2, 0.25) is 0 Å². The molecule has 0 bridgehead atoms. The van der Waals surface area contributed by atoms with Crippen LogP contribution in [-0.2, 0) is 15.6 Å². The summed E-state index contributed by atoms with van der Waals surface area (Å²) in [7, 11) is 3.92. The van der Waals surface area contributed by atoms with E-state index < -0.39 is 22.9 Å². The van der Waals surface area contributed by atoms with Gasteiger partial charge < -0.3 is 34.3 Å². The molecular formula is C54H73N8O5+. The zero-order chi connectivity index (χ0) is 50.6. The van der Waals surface area contributed by atoms with Gasteiger partial charge in [-0.3, -0.25) is 14.4 Å². The highest BCUT2D eigenvalue weighted by Gasteiger charge is 2.47. The van der Waals surface area contributed by atoms with Crippen LogP contribution in [0, 0.1) is 41.7 Å². The van der Waals surface area contributed by atoms with Crippen LogP contribution in [0.1, 0.15) is 106 Å². The predicted molar refractivity (Wildman–Crippen MR) is 270 cm³/mol. The number of anilines is 2. The van der Waals surface area contributed by atoms with Gasteiger partial charge in [0, 0.05) is 47.7 Å². The molecule has 3 aromatic rings.